The molecule has 2 atom stereocenters. The second kappa shape index (κ2) is 6.15. The zero-order valence-electron chi connectivity index (χ0n) is 13.7. The molecule has 1 aromatic heterocycles. The Kier molecular flexibility index (Phi) is 3.98. The molecular weight excluding hydrogens is 302 g/mol. The number of aromatic nitrogens is 1. The highest BCUT2D eigenvalue weighted by Gasteiger charge is 2.49. The Morgan fingerprint density at radius 3 is 3.17 bits per heavy atom. The third-order valence-electron chi connectivity index (χ3n) is 5.56. The molecule has 1 aromatic carbocycles. The summed E-state index contributed by atoms with van der Waals surface area (Å²) in [5, 5.41) is 15.8. The summed E-state index contributed by atoms with van der Waals surface area (Å²) in [5.74, 6) is 0.0214. The molecule has 2 aromatic rings. The maximum absolute atomic E-state index is 12.5. The Balaban J connectivity index is 1.59. The van der Waals surface area contributed by atoms with Crippen LogP contribution in [0.2, 0.25) is 0 Å². The van der Waals surface area contributed by atoms with Crippen LogP contribution >= 0.6 is 0 Å². The molecule has 2 aliphatic heterocycles. The van der Waals surface area contributed by atoms with E-state index in [9.17, 15) is 9.90 Å². The van der Waals surface area contributed by atoms with E-state index in [-0.39, 0.29) is 5.91 Å². The fraction of sp³-hybridized carbons (Fsp3) is 0.474. The van der Waals surface area contributed by atoms with Crippen molar-refractivity contribution in [1.82, 2.24) is 15.2 Å². The predicted octanol–water partition coefficient (Wildman–Crippen LogP) is 1.70. The van der Waals surface area contributed by atoms with E-state index < -0.39 is 11.5 Å². The van der Waals surface area contributed by atoms with Gasteiger partial charge in [0.1, 0.15) is 0 Å². The minimum Gasteiger partial charge on any atom is -0.392 e. The number of pyridine rings is 1. The molecule has 3 heterocycles. The number of aliphatic hydroxyl groups excluding tert-OH is 1. The van der Waals surface area contributed by atoms with Gasteiger partial charge in [-0.15, -0.1) is 0 Å². The summed E-state index contributed by atoms with van der Waals surface area (Å²) < 4.78 is 0. The van der Waals surface area contributed by atoms with Crippen molar-refractivity contribution < 1.29 is 9.90 Å². The van der Waals surface area contributed by atoms with Crippen LogP contribution < -0.4 is 5.32 Å². The Bertz CT molecular complexity index is 758. The Hall–Kier alpha value is -1.98. The summed E-state index contributed by atoms with van der Waals surface area (Å²) in [6.45, 7) is 2.96. The highest BCUT2D eigenvalue weighted by molar-refractivity contribution is 5.85. The van der Waals surface area contributed by atoms with Crippen LogP contribution in [0.15, 0.2) is 36.7 Å². The van der Waals surface area contributed by atoms with Crippen LogP contribution in [0, 0.1) is 5.41 Å². The molecule has 2 aliphatic rings. The Morgan fingerprint density at radius 2 is 2.29 bits per heavy atom. The largest absolute Gasteiger partial charge is 0.392 e. The van der Waals surface area contributed by atoms with Gasteiger partial charge in [0.25, 0.3) is 0 Å². The van der Waals surface area contributed by atoms with E-state index in [1.54, 1.807) is 0 Å². The molecule has 0 saturated carbocycles. The van der Waals surface area contributed by atoms with Crippen molar-refractivity contribution in [2.45, 2.75) is 31.9 Å². The number of benzene rings is 1. The Labute approximate surface area is 141 Å². The quantitative estimate of drug-likeness (QED) is 0.882. The minimum absolute atomic E-state index is 0.0214. The molecule has 1 amide bonds. The van der Waals surface area contributed by atoms with Crippen LogP contribution in [-0.2, 0) is 11.3 Å². The smallest absolute Gasteiger partial charge is 0.230 e. The molecule has 0 unspecified atom stereocenters. The number of likely N-dealkylation sites (tertiary alicyclic amines) is 1. The monoisotopic (exact) mass is 325 g/mol. The molecule has 24 heavy (non-hydrogen) atoms. The maximum Gasteiger partial charge on any atom is 0.230 e. The number of fused-ring (bicyclic) bond motifs is 1. The third kappa shape index (κ3) is 2.58. The van der Waals surface area contributed by atoms with E-state index in [0.29, 0.717) is 13.0 Å². The van der Waals surface area contributed by atoms with Gasteiger partial charge < -0.3 is 10.4 Å². The number of carbonyl (C=O) groups is 1. The summed E-state index contributed by atoms with van der Waals surface area (Å²) in [6.07, 6.45) is 5.54. The van der Waals surface area contributed by atoms with Gasteiger partial charge in [-0.2, -0.15) is 0 Å². The summed E-state index contributed by atoms with van der Waals surface area (Å²) in [7, 11) is 0. The average Bonchev–Trinajstić information content (AvgIpc) is 2.61. The number of nitrogens with zero attached hydrogens (tertiary/aromatic N) is 2. The van der Waals surface area contributed by atoms with Crippen molar-refractivity contribution in [2.75, 3.05) is 19.6 Å². The maximum atomic E-state index is 12.5. The van der Waals surface area contributed by atoms with Gasteiger partial charge in [-0.3, -0.25) is 14.7 Å². The van der Waals surface area contributed by atoms with Crippen LogP contribution in [-0.4, -0.2) is 46.6 Å². The lowest BCUT2D eigenvalue weighted by molar-refractivity contribution is -0.149. The van der Waals surface area contributed by atoms with E-state index in [1.807, 2.05) is 18.5 Å². The van der Waals surface area contributed by atoms with Gasteiger partial charge in [0.05, 0.1) is 11.5 Å². The van der Waals surface area contributed by atoms with E-state index in [4.69, 9.17) is 0 Å². The predicted molar refractivity (Wildman–Crippen MR) is 92.3 cm³/mol. The molecule has 126 valence electrons. The number of nitrogens with one attached hydrogen (secondary N) is 1. The molecule has 2 N–H and O–H groups in total. The van der Waals surface area contributed by atoms with Crippen LogP contribution in [0.3, 0.4) is 0 Å². The summed E-state index contributed by atoms with van der Waals surface area (Å²) >= 11 is 0. The number of rotatable bonds is 2. The van der Waals surface area contributed by atoms with E-state index >= 15 is 0 Å². The van der Waals surface area contributed by atoms with E-state index in [2.05, 4.69) is 33.4 Å². The van der Waals surface area contributed by atoms with Crippen molar-refractivity contribution >= 4 is 16.7 Å². The second-order valence-corrected chi connectivity index (χ2v) is 7.04. The molecule has 5 heteroatoms. The van der Waals surface area contributed by atoms with Crippen molar-refractivity contribution in [3.63, 3.8) is 0 Å². The summed E-state index contributed by atoms with van der Waals surface area (Å²) in [4.78, 5) is 19.0. The fourth-order valence-electron chi connectivity index (χ4n) is 4.23. The van der Waals surface area contributed by atoms with Crippen LogP contribution in [0.4, 0.5) is 0 Å². The van der Waals surface area contributed by atoms with Crippen molar-refractivity contribution in [1.29, 1.82) is 0 Å². The van der Waals surface area contributed by atoms with Gasteiger partial charge in [-0.05, 0) is 36.3 Å². The first-order valence-corrected chi connectivity index (χ1v) is 8.69. The van der Waals surface area contributed by atoms with E-state index in [0.717, 1.165) is 37.9 Å². The van der Waals surface area contributed by atoms with Crippen LogP contribution in [0.1, 0.15) is 24.8 Å². The number of aliphatic hydroxyl groups is 1. The summed E-state index contributed by atoms with van der Waals surface area (Å²) in [6, 6.07) is 8.32. The van der Waals surface area contributed by atoms with Crippen molar-refractivity contribution in [3.8, 4) is 0 Å². The minimum atomic E-state index is -0.636. The highest BCUT2D eigenvalue weighted by Crippen LogP contribution is 2.38. The standard InChI is InChI=1S/C19H23N3O2/c23-17-6-10-22(13-19(17)7-2-8-21-18(19)24)12-15-4-1-3-14-11-20-9-5-16(14)15/h1,3-5,9,11,17,23H,2,6-8,10,12-13H2,(H,21,24)/t17-,19+/m0/s1. The molecule has 0 aliphatic carbocycles. The molecule has 0 radical (unpaired) electrons. The fourth-order valence-corrected chi connectivity index (χ4v) is 4.23. The lowest BCUT2D eigenvalue weighted by Crippen LogP contribution is -2.61. The summed E-state index contributed by atoms with van der Waals surface area (Å²) in [5.41, 5.74) is 0.612. The molecule has 2 fully saturated rings. The number of amides is 1. The van der Waals surface area contributed by atoms with Gasteiger partial charge in [0, 0.05) is 44.0 Å². The van der Waals surface area contributed by atoms with Crippen molar-refractivity contribution in [3.05, 3.63) is 42.2 Å². The molecule has 0 bridgehead atoms. The molecule has 4 rings (SSSR count). The molecule has 1 spiro atoms. The van der Waals surface area contributed by atoms with E-state index in [1.165, 1.54) is 10.9 Å². The second-order valence-electron chi connectivity index (χ2n) is 7.04. The SMILES string of the molecule is O=C1NCCC[C@]12CN(Cc1cccc3cnccc13)CC[C@@H]2O. The van der Waals surface area contributed by atoms with Gasteiger partial charge >= 0.3 is 0 Å². The molecule has 2 saturated heterocycles. The first kappa shape index (κ1) is 15.5. The first-order valence-electron chi connectivity index (χ1n) is 8.69. The number of hydrogen-bond acceptors (Lipinski definition) is 4. The average molecular weight is 325 g/mol. The number of carbonyl (C=O) groups excluding carboxylic acids is 1. The topological polar surface area (TPSA) is 65.5 Å². The third-order valence-corrected chi connectivity index (χ3v) is 5.56. The van der Waals surface area contributed by atoms with Crippen molar-refractivity contribution in [2.24, 2.45) is 5.41 Å². The van der Waals surface area contributed by atoms with Gasteiger partial charge in [-0.1, -0.05) is 18.2 Å². The number of hydrogen-bond donors (Lipinski definition) is 2. The zero-order valence-corrected chi connectivity index (χ0v) is 13.7. The number of piperidine rings is 2. The van der Waals surface area contributed by atoms with Gasteiger partial charge in [0.2, 0.25) is 5.91 Å². The lowest BCUT2D eigenvalue weighted by Gasteiger charge is -2.47. The molecular formula is C19H23N3O2. The zero-order chi connectivity index (χ0) is 16.6. The first-order chi connectivity index (χ1) is 11.7. The molecule has 5 nitrogen and oxygen atoms in total. The van der Waals surface area contributed by atoms with Crippen LogP contribution in [0.5, 0.6) is 0 Å². The van der Waals surface area contributed by atoms with Crippen LogP contribution in [0.25, 0.3) is 10.8 Å². The normalized spacial score (nSPS) is 28.2. The van der Waals surface area contributed by atoms with Gasteiger partial charge in [0.15, 0.2) is 0 Å². The van der Waals surface area contributed by atoms with Gasteiger partial charge in [-0.25, -0.2) is 0 Å². The Morgan fingerprint density at radius 1 is 1.38 bits per heavy atom. The highest BCUT2D eigenvalue weighted by atomic mass is 16.3. The lowest BCUT2D eigenvalue weighted by atomic mass is 9.71.